The molecule has 0 atom stereocenters. The van der Waals surface area contributed by atoms with Gasteiger partial charge in [-0.3, -0.25) is 0 Å². The summed E-state index contributed by atoms with van der Waals surface area (Å²) in [5.41, 5.74) is 5.76. The van der Waals surface area contributed by atoms with Crippen molar-refractivity contribution in [2.24, 2.45) is 5.41 Å². The summed E-state index contributed by atoms with van der Waals surface area (Å²) >= 11 is 0. The van der Waals surface area contributed by atoms with Crippen LogP contribution in [0.4, 0.5) is 0 Å². The fraction of sp³-hybridized carbons (Fsp3) is 0.208. The molecule has 0 unspecified atom stereocenters. The quantitative estimate of drug-likeness (QED) is 0.428. The molecule has 0 radical (unpaired) electrons. The van der Waals surface area contributed by atoms with Crippen LogP contribution in [0.2, 0.25) is 0 Å². The van der Waals surface area contributed by atoms with Crippen LogP contribution in [0.1, 0.15) is 26.3 Å². The van der Waals surface area contributed by atoms with Crippen LogP contribution in [0.25, 0.3) is 33.4 Å². The van der Waals surface area contributed by atoms with Crippen LogP contribution >= 0.6 is 0 Å². The molecule has 4 rings (SSSR count). The lowest BCUT2D eigenvalue weighted by Crippen LogP contribution is -2.09. The zero-order valence-corrected chi connectivity index (χ0v) is 15.5. The average molecular weight is 341 g/mol. The van der Waals surface area contributed by atoms with Crippen molar-refractivity contribution in [1.29, 1.82) is 5.41 Å². The zero-order valence-electron chi connectivity index (χ0n) is 15.5. The van der Waals surface area contributed by atoms with Crippen molar-refractivity contribution in [2.75, 3.05) is 0 Å². The van der Waals surface area contributed by atoms with Gasteiger partial charge in [0.25, 0.3) is 0 Å². The van der Waals surface area contributed by atoms with Crippen LogP contribution in [0, 0.1) is 10.8 Å². The minimum absolute atomic E-state index is 0.223. The molecule has 2 nitrogen and oxygen atoms in total. The summed E-state index contributed by atoms with van der Waals surface area (Å²) in [6.07, 6.45) is 0.996. The fourth-order valence-electron chi connectivity index (χ4n) is 3.57. The molecule has 2 aliphatic rings. The first-order valence-corrected chi connectivity index (χ1v) is 9.00. The molecule has 26 heavy (non-hydrogen) atoms. The molecule has 2 aromatic rings. The highest BCUT2D eigenvalue weighted by molar-refractivity contribution is 6.01. The molecular formula is C24H23NO. The Kier molecular flexibility index (Phi) is 3.91. The Morgan fingerprint density at radius 2 is 1.65 bits per heavy atom. The fourth-order valence-corrected chi connectivity index (χ4v) is 3.57. The van der Waals surface area contributed by atoms with Crippen LogP contribution in [0.15, 0.2) is 71.1 Å². The molecule has 1 heterocycles. The minimum atomic E-state index is 0.223. The lowest BCUT2D eigenvalue weighted by molar-refractivity contribution is 0.411. The third-order valence-corrected chi connectivity index (χ3v) is 4.58. The summed E-state index contributed by atoms with van der Waals surface area (Å²) in [5.74, 6) is 0.761. The first kappa shape index (κ1) is 16.6. The highest BCUT2D eigenvalue weighted by Gasteiger charge is 2.18. The van der Waals surface area contributed by atoms with Crippen molar-refractivity contribution < 1.29 is 4.42 Å². The summed E-state index contributed by atoms with van der Waals surface area (Å²) in [5, 5.41) is 9.53. The van der Waals surface area contributed by atoms with Crippen molar-refractivity contribution in [1.82, 2.24) is 0 Å². The molecule has 2 heteroatoms. The van der Waals surface area contributed by atoms with E-state index in [-0.39, 0.29) is 5.41 Å². The van der Waals surface area contributed by atoms with Crippen LogP contribution < -0.4 is 5.36 Å². The third kappa shape index (κ3) is 3.15. The Morgan fingerprint density at radius 3 is 2.38 bits per heavy atom. The third-order valence-electron chi connectivity index (χ3n) is 4.58. The van der Waals surface area contributed by atoms with Crippen LogP contribution in [0.3, 0.4) is 0 Å². The van der Waals surface area contributed by atoms with E-state index in [2.05, 4.69) is 63.2 Å². The Balaban J connectivity index is 2.04. The monoisotopic (exact) mass is 341 g/mol. The van der Waals surface area contributed by atoms with Gasteiger partial charge in [0.15, 0.2) is 0 Å². The maximum absolute atomic E-state index is 7.96. The van der Waals surface area contributed by atoms with Crippen molar-refractivity contribution in [3.8, 4) is 22.5 Å². The molecule has 0 fully saturated rings. The van der Waals surface area contributed by atoms with Gasteiger partial charge in [-0.05, 0) is 41.2 Å². The number of nitrogens with one attached hydrogen (secondary N) is 1. The van der Waals surface area contributed by atoms with Gasteiger partial charge in [-0.25, -0.2) is 0 Å². The summed E-state index contributed by atoms with van der Waals surface area (Å²) in [6, 6.07) is 22.6. The second-order valence-corrected chi connectivity index (χ2v) is 8.12. The molecule has 0 bridgehead atoms. The van der Waals surface area contributed by atoms with Gasteiger partial charge in [0, 0.05) is 22.6 Å². The Hall–Kier alpha value is -2.87. The van der Waals surface area contributed by atoms with E-state index in [0.717, 1.165) is 28.7 Å². The van der Waals surface area contributed by atoms with E-state index in [1.807, 2.05) is 18.2 Å². The second-order valence-electron chi connectivity index (χ2n) is 8.12. The first-order valence-electron chi connectivity index (χ1n) is 9.00. The minimum Gasteiger partial charge on any atom is -0.456 e. The van der Waals surface area contributed by atoms with Gasteiger partial charge in [0.05, 0.1) is 5.36 Å². The van der Waals surface area contributed by atoms with Gasteiger partial charge in [-0.1, -0.05) is 63.2 Å². The molecule has 0 amide bonds. The SMILES string of the molecule is CC(C)(C)Cc1ccc2c(-c3ccccc3)c3ccc(=N)cc-3oc2c1. The van der Waals surface area contributed by atoms with Gasteiger partial charge in [0.2, 0.25) is 0 Å². The summed E-state index contributed by atoms with van der Waals surface area (Å²) in [4.78, 5) is 0. The van der Waals surface area contributed by atoms with Crippen LogP contribution in [-0.2, 0) is 6.42 Å². The Bertz CT molecular complexity index is 1100. The predicted molar refractivity (Wildman–Crippen MR) is 107 cm³/mol. The van der Waals surface area contributed by atoms with Gasteiger partial charge in [-0.15, -0.1) is 0 Å². The van der Waals surface area contributed by atoms with E-state index in [1.54, 1.807) is 6.07 Å². The second kappa shape index (κ2) is 6.14. The molecule has 0 aromatic heterocycles. The van der Waals surface area contributed by atoms with E-state index in [1.165, 1.54) is 16.7 Å². The van der Waals surface area contributed by atoms with Gasteiger partial charge < -0.3 is 9.83 Å². The van der Waals surface area contributed by atoms with Crippen LogP contribution in [0.5, 0.6) is 0 Å². The Morgan fingerprint density at radius 1 is 0.885 bits per heavy atom. The highest BCUT2D eigenvalue weighted by Crippen LogP contribution is 2.40. The molecule has 130 valence electrons. The van der Waals surface area contributed by atoms with E-state index in [9.17, 15) is 0 Å². The highest BCUT2D eigenvalue weighted by atomic mass is 16.3. The van der Waals surface area contributed by atoms with E-state index in [4.69, 9.17) is 9.83 Å². The Labute approximate surface area is 154 Å². The summed E-state index contributed by atoms with van der Waals surface area (Å²) in [6.45, 7) is 6.74. The molecule has 1 aliphatic heterocycles. The maximum atomic E-state index is 7.96. The predicted octanol–water partition coefficient (Wildman–Crippen LogP) is 6.27. The molecule has 0 spiro atoms. The smallest absolute Gasteiger partial charge is 0.137 e. The van der Waals surface area contributed by atoms with E-state index < -0.39 is 0 Å². The topological polar surface area (TPSA) is 37.0 Å². The number of hydrogen-bond acceptors (Lipinski definition) is 2. The molecule has 2 aromatic carbocycles. The van der Waals surface area contributed by atoms with Crippen molar-refractivity contribution in [3.05, 3.63) is 77.7 Å². The lowest BCUT2D eigenvalue weighted by atomic mass is 9.87. The van der Waals surface area contributed by atoms with E-state index in [0.29, 0.717) is 5.36 Å². The number of hydrogen-bond donors (Lipinski definition) is 1. The van der Waals surface area contributed by atoms with Gasteiger partial charge in [0.1, 0.15) is 11.3 Å². The summed E-state index contributed by atoms with van der Waals surface area (Å²) in [7, 11) is 0. The van der Waals surface area contributed by atoms with Crippen molar-refractivity contribution >= 4 is 11.0 Å². The normalized spacial score (nSPS) is 12.0. The van der Waals surface area contributed by atoms with E-state index >= 15 is 0 Å². The maximum Gasteiger partial charge on any atom is 0.137 e. The molecule has 0 saturated carbocycles. The average Bonchev–Trinajstić information content (AvgIpc) is 2.59. The standard InChI is InChI=1S/C24H23NO/c1-24(2,3)15-16-9-11-19-21(13-16)26-22-14-18(25)10-12-20(22)23(19)17-7-5-4-6-8-17/h4-14,25H,15H2,1-3H3. The molecule has 0 saturated heterocycles. The number of benzene rings is 3. The summed E-state index contributed by atoms with van der Waals surface area (Å²) < 4.78 is 6.22. The lowest BCUT2D eigenvalue weighted by Gasteiger charge is -2.19. The van der Waals surface area contributed by atoms with Gasteiger partial charge in [-0.2, -0.15) is 0 Å². The van der Waals surface area contributed by atoms with Gasteiger partial charge >= 0.3 is 0 Å². The first-order chi connectivity index (χ1) is 12.4. The number of fused-ring (bicyclic) bond motifs is 2. The van der Waals surface area contributed by atoms with Crippen molar-refractivity contribution in [2.45, 2.75) is 27.2 Å². The van der Waals surface area contributed by atoms with Crippen LogP contribution in [-0.4, -0.2) is 0 Å². The molecule has 1 aliphatic carbocycles. The molecular weight excluding hydrogens is 318 g/mol. The zero-order chi connectivity index (χ0) is 18.3. The van der Waals surface area contributed by atoms with Crippen molar-refractivity contribution in [3.63, 3.8) is 0 Å². The largest absolute Gasteiger partial charge is 0.456 e. The number of rotatable bonds is 2. The molecule has 1 N–H and O–H groups in total.